The summed E-state index contributed by atoms with van der Waals surface area (Å²) in [5.41, 5.74) is 3.78. The number of aromatic nitrogens is 3. The third kappa shape index (κ3) is 4.34. The molecule has 7 nitrogen and oxygen atoms in total. The van der Waals surface area contributed by atoms with E-state index in [4.69, 9.17) is 0 Å². The van der Waals surface area contributed by atoms with Crippen molar-refractivity contribution >= 4 is 17.5 Å². The molecule has 1 aliphatic rings. The van der Waals surface area contributed by atoms with Gasteiger partial charge < -0.3 is 15.1 Å². The number of urea groups is 1. The second-order valence-electron chi connectivity index (χ2n) is 6.93. The fourth-order valence-electron chi connectivity index (χ4n) is 3.45. The number of piperazine rings is 1. The number of amides is 2. The van der Waals surface area contributed by atoms with E-state index in [9.17, 15) is 4.79 Å². The van der Waals surface area contributed by atoms with Gasteiger partial charge in [0, 0.05) is 49.8 Å². The van der Waals surface area contributed by atoms with Gasteiger partial charge in [0.1, 0.15) is 0 Å². The first-order valence-corrected chi connectivity index (χ1v) is 9.87. The van der Waals surface area contributed by atoms with E-state index in [1.165, 1.54) is 0 Å². The number of hydrogen-bond donors (Lipinski definition) is 1. The third-order valence-electron chi connectivity index (χ3n) is 5.14. The van der Waals surface area contributed by atoms with E-state index >= 15 is 0 Å². The zero-order valence-electron chi connectivity index (χ0n) is 16.5. The summed E-state index contributed by atoms with van der Waals surface area (Å²) in [5, 5.41) is 11.7. The summed E-state index contributed by atoms with van der Waals surface area (Å²) in [6, 6.07) is 15.7. The molecule has 29 heavy (non-hydrogen) atoms. The Labute approximate surface area is 170 Å². The third-order valence-corrected chi connectivity index (χ3v) is 5.14. The topological polar surface area (TPSA) is 74.2 Å². The highest BCUT2D eigenvalue weighted by atomic mass is 16.2. The molecule has 0 aliphatic carbocycles. The second-order valence-corrected chi connectivity index (χ2v) is 6.93. The summed E-state index contributed by atoms with van der Waals surface area (Å²) in [6.45, 7) is 4.83. The maximum atomic E-state index is 12.6. The fourth-order valence-corrected chi connectivity index (χ4v) is 3.45. The van der Waals surface area contributed by atoms with Crippen molar-refractivity contribution in [2.24, 2.45) is 0 Å². The lowest BCUT2D eigenvalue weighted by atomic mass is 10.1. The average Bonchev–Trinajstić information content (AvgIpc) is 2.80. The van der Waals surface area contributed by atoms with Gasteiger partial charge in [0.25, 0.3) is 0 Å². The summed E-state index contributed by atoms with van der Waals surface area (Å²) >= 11 is 0. The molecule has 1 aliphatic heterocycles. The first-order valence-electron chi connectivity index (χ1n) is 9.87. The minimum atomic E-state index is -0.0523. The normalized spacial score (nSPS) is 14.0. The fraction of sp³-hybridized carbons (Fsp3) is 0.273. The van der Waals surface area contributed by atoms with Crippen LogP contribution in [0.15, 0.2) is 60.9 Å². The molecule has 3 heterocycles. The minimum absolute atomic E-state index is 0.0523. The molecule has 1 aromatic carbocycles. The van der Waals surface area contributed by atoms with Gasteiger partial charge in [0.15, 0.2) is 5.82 Å². The van der Waals surface area contributed by atoms with Crippen LogP contribution in [0.2, 0.25) is 0 Å². The van der Waals surface area contributed by atoms with Crippen LogP contribution in [0, 0.1) is 0 Å². The van der Waals surface area contributed by atoms with Gasteiger partial charge in [-0.05, 0) is 42.3 Å². The van der Waals surface area contributed by atoms with Gasteiger partial charge in [-0.1, -0.05) is 25.1 Å². The van der Waals surface area contributed by atoms with Crippen molar-refractivity contribution in [3.05, 3.63) is 66.5 Å². The van der Waals surface area contributed by atoms with Crippen LogP contribution in [0.1, 0.15) is 12.5 Å². The summed E-state index contributed by atoms with van der Waals surface area (Å²) in [7, 11) is 0. The van der Waals surface area contributed by atoms with Crippen molar-refractivity contribution in [1.29, 1.82) is 0 Å². The number of carbonyl (C=O) groups is 1. The first kappa shape index (κ1) is 18.9. The number of aryl methyl sites for hydroxylation is 1. The van der Waals surface area contributed by atoms with E-state index in [1.54, 1.807) is 12.4 Å². The Kier molecular flexibility index (Phi) is 5.65. The van der Waals surface area contributed by atoms with Crippen LogP contribution in [0.3, 0.4) is 0 Å². The molecule has 148 valence electrons. The van der Waals surface area contributed by atoms with E-state index in [0.29, 0.717) is 13.1 Å². The Hall–Kier alpha value is -3.48. The smallest absolute Gasteiger partial charge is 0.321 e. The number of nitrogens with one attached hydrogen (secondary N) is 1. The van der Waals surface area contributed by atoms with Crippen molar-refractivity contribution in [1.82, 2.24) is 20.1 Å². The molecule has 0 saturated carbocycles. The summed E-state index contributed by atoms with van der Waals surface area (Å²) in [5.74, 6) is 0.828. The zero-order chi connectivity index (χ0) is 20.1. The van der Waals surface area contributed by atoms with Crippen molar-refractivity contribution < 1.29 is 4.79 Å². The predicted octanol–water partition coefficient (Wildman–Crippen LogP) is 3.46. The highest BCUT2D eigenvalue weighted by molar-refractivity contribution is 5.90. The highest BCUT2D eigenvalue weighted by Gasteiger charge is 2.22. The molecular weight excluding hydrogens is 364 g/mol. The van der Waals surface area contributed by atoms with E-state index in [-0.39, 0.29) is 6.03 Å². The number of carbonyl (C=O) groups excluding carboxylic acids is 1. The van der Waals surface area contributed by atoms with E-state index in [2.05, 4.69) is 32.3 Å². The standard InChI is InChI=1S/C22H24N6O/c1-2-17-6-3-4-8-19(17)24-22(29)28-14-12-27(13-15-28)21-10-9-20(25-26-21)18-7-5-11-23-16-18/h3-11,16H,2,12-15H2,1H3,(H,24,29). The van der Waals surface area contributed by atoms with Crippen LogP contribution in [0.25, 0.3) is 11.3 Å². The van der Waals surface area contributed by atoms with Gasteiger partial charge in [-0.3, -0.25) is 4.98 Å². The molecule has 0 radical (unpaired) electrons. The van der Waals surface area contributed by atoms with Crippen molar-refractivity contribution in [2.75, 3.05) is 36.4 Å². The maximum Gasteiger partial charge on any atom is 0.321 e. The lowest BCUT2D eigenvalue weighted by Gasteiger charge is -2.35. The molecule has 4 rings (SSSR count). The van der Waals surface area contributed by atoms with Gasteiger partial charge in [0.2, 0.25) is 0 Å². The molecule has 0 atom stereocenters. The Morgan fingerprint density at radius 2 is 1.83 bits per heavy atom. The van der Waals surface area contributed by atoms with E-state index < -0.39 is 0 Å². The van der Waals surface area contributed by atoms with Crippen molar-refractivity contribution in [2.45, 2.75) is 13.3 Å². The zero-order valence-corrected chi connectivity index (χ0v) is 16.5. The Morgan fingerprint density at radius 1 is 1.00 bits per heavy atom. The molecule has 7 heteroatoms. The maximum absolute atomic E-state index is 12.6. The van der Waals surface area contributed by atoms with Crippen LogP contribution in [-0.2, 0) is 6.42 Å². The number of para-hydroxylation sites is 1. The Morgan fingerprint density at radius 3 is 2.52 bits per heavy atom. The number of hydrogen-bond acceptors (Lipinski definition) is 5. The molecule has 0 bridgehead atoms. The quantitative estimate of drug-likeness (QED) is 0.741. The molecule has 2 aromatic heterocycles. The van der Waals surface area contributed by atoms with Crippen LogP contribution < -0.4 is 10.2 Å². The molecule has 1 N–H and O–H groups in total. The van der Waals surface area contributed by atoms with Crippen LogP contribution in [0.5, 0.6) is 0 Å². The molecule has 1 saturated heterocycles. The van der Waals surface area contributed by atoms with E-state index in [0.717, 1.165) is 47.8 Å². The lowest BCUT2D eigenvalue weighted by Crippen LogP contribution is -2.50. The number of rotatable bonds is 4. The molecule has 1 fully saturated rings. The van der Waals surface area contributed by atoms with Crippen LogP contribution in [0.4, 0.5) is 16.3 Å². The Balaban J connectivity index is 1.35. The predicted molar refractivity (Wildman–Crippen MR) is 114 cm³/mol. The van der Waals surface area contributed by atoms with Gasteiger partial charge in [-0.25, -0.2) is 4.79 Å². The van der Waals surface area contributed by atoms with Gasteiger partial charge in [0.05, 0.1) is 5.69 Å². The number of nitrogens with zero attached hydrogens (tertiary/aromatic N) is 5. The molecule has 0 unspecified atom stereocenters. The van der Waals surface area contributed by atoms with Crippen molar-refractivity contribution in [3.63, 3.8) is 0 Å². The van der Waals surface area contributed by atoms with Crippen LogP contribution in [-0.4, -0.2) is 52.3 Å². The van der Waals surface area contributed by atoms with E-state index in [1.807, 2.05) is 53.4 Å². The first-order chi connectivity index (χ1) is 14.2. The van der Waals surface area contributed by atoms with Gasteiger partial charge in [-0.2, -0.15) is 0 Å². The van der Waals surface area contributed by atoms with Gasteiger partial charge in [-0.15, -0.1) is 10.2 Å². The summed E-state index contributed by atoms with van der Waals surface area (Å²) < 4.78 is 0. The molecule has 3 aromatic rings. The monoisotopic (exact) mass is 388 g/mol. The average molecular weight is 388 g/mol. The summed E-state index contributed by atoms with van der Waals surface area (Å²) in [4.78, 5) is 20.8. The van der Waals surface area contributed by atoms with Crippen molar-refractivity contribution in [3.8, 4) is 11.3 Å². The van der Waals surface area contributed by atoms with Gasteiger partial charge >= 0.3 is 6.03 Å². The number of anilines is 2. The van der Waals surface area contributed by atoms with Crippen LogP contribution >= 0.6 is 0 Å². The SMILES string of the molecule is CCc1ccccc1NC(=O)N1CCN(c2ccc(-c3cccnc3)nn2)CC1. The number of benzene rings is 1. The largest absolute Gasteiger partial charge is 0.352 e. The summed E-state index contributed by atoms with van der Waals surface area (Å²) in [6.07, 6.45) is 4.40. The highest BCUT2D eigenvalue weighted by Crippen LogP contribution is 2.20. The molecular formula is C22H24N6O. The Bertz CT molecular complexity index is 953. The molecule has 0 spiro atoms. The number of pyridine rings is 1. The minimum Gasteiger partial charge on any atom is -0.352 e. The lowest BCUT2D eigenvalue weighted by molar-refractivity contribution is 0.208. The molecule has 2 amide bonds. The second kappa shape index (κ2) is 8.68.